The molecular weight excluding hydrogens is 236 g/mol. The van der Waals surface area contributed by atoms with Gasteiger partial charge in [0, 0.05) is 18.0 Å². The Morgan fingerprint density at radius 1 is 1.26 bits per heavy atom. The Hall–Kier alpha value is -0.800. The second kappa shape index (κ2) is 7.71. The van der Waals surface area contributed by atoms with Crippen LogP contribution in [0.2, 0.25) is 0 Å². The van der Waals surface area contributed by atoms with Crippen molar-refractivity contribution in [3.05, 3.63) is 24.2 Å². The van der Waals surface area contributed by atoms with Crippen LogP contribution in [0.4, 0.5) is 0 Å². The zero-order valence-electron chi connectivity index (χ0n) is 13.2. The van der Waals surface area contributed by atoms with E-state index in [0.717, 1.165) is 38.0 Å². The first-order valence-corrected chi connectivity index (χ1v) is 7.53. The summed E-state index contributed by atoms with van der Waals surface area (Å²) in [6.45, 7) is 7.84. The summed E-state index contributed by atoms with van der Waals surface area (Å²) < 4.78 is 5.55. The molecule has 3 heteroatoms. The van der Waals surface area contributed by atoms with Crippen molar-refractivity contribution in [1.29, 1.82) is 0 Å². The van der Waals surface area contributed by atoms with Gasteiger partial charge in [0.15, 0.2) is 0 Å². The van der Waals surface area contributed by atoms with Crippen LogP contribution < -0.4 is 5.32 Å². The Labute approximate surface area is 118 Å². The zero-order chi connectivity index (χ0) is 14.3. The van der Waals surface area contributed by atoms with Crippen LogP contribution in [0.1, 0.15) is 45.8 Å². The minimum absolute atomic E-state index is 0.182. The maximum absolute atomic E-state index is 5.55. The minimum atomic E-state index is 0.182. The molecule has 0 fully saturated rings. The second-order valence-corrected chi connectivity index (χ2v) is 5.50. The summed E-state index contributed by atoms with van der Waals surface area (Å²) in [5.74, 6) is 1.07. The molecule has 0 radical (unpaired) electrons. The molecule has 0 aliphatic heterocycles. The van der Waals surface area contributed by atoms with E-state index in [1.807, 2.05) is 6.07 Å². The highest BCUT2D eigenvalue weighted by Gasteiger charge is 2.37. The first kappa shape index (κ1) is 16.3. The van der Waals surface area contributed by atoms with Crippen molar-refractivity contribution in [1.82, 2.24) is 10.2 Å². The molecule has 1 N–H and O–H groups in total. The topological polar surface area (TPSA) is 28.4 Å². The number of likely N-dealkylation sites (N-methyl/N-ethyl adjacent to an activating group) is 1. The lowest BCUT2D eigenvalue weighted by Crippen LogP contribution is -2.59. The zero-order valence-corrected chi connectivity index (χ0v) is 13.2. The number of nitrogens with one attached hydrogen (secondary N) is 1. The van der Waals surface area contributed by atoms with Crippen LogP contribution in [0.15, 0.2) is 22.8 Å². The fourth-order valence-electron chi connectivity index (χ4n) is 3.09. The van der Waals surface area contributed by atoms with Crippen molar-refractivity contribution in [3.63, 3.8) is 0 Å². The van der Waals surface area contributed by atoms with E-state index in [9.17, 15) is 0 Å². The highest BCUT2D eigenvalue weighted by atomic mass is 16.3. The molecular formula is C16H30N2O. The molecule has 0 saturated carbocycles. The lowest BCUT2D eigenvalue weighted by atomic mass is 9.81. The molecule has 3 nitrogen and oxygen atoms in total. The Bertz CT molecular complexity index is 329. The van der Waals surface area contributed by atoms with Crippen molar-refractivity contribution in [3.8, 4) is 0 Å². The van der Waals surface area contributed by atoms with E-state index in [1.54, 1.807) is 6.26 Å². The van der Waals surface area contributed by atoms with Crippen molar-refractivity contribution in [2.75, 3.05) is 20.6 Å². The summed E-state index contributed by atoms with van der Waals surface area (Å²) in [4.78, 5) is 2.38. The van der Waals surface area contributed by atoms with Crippen LogP contribution >= 0.6 is 0 Å². The molecule has 0 aliphatic carbocycles. The monoisotopic (exact) mass is 266 g/mol. The number of nitrogens with zero attached hydrogens (tertiary/aromatic N) is 1. The normalized spacial score (nSPS) is 14.0. The summed E-state index contributed by atoms with van der Waals surface area (Å²) >= 11 is 0. The SMILES string of the molecule is CCCNC(Cc1ccco1)C(CC)(CC)N(C)C. The molecule has 1 atom stereocenters. The van der Waals surface area contributed by atoms with Gasteiger partial charge in [0.05, 0.1) is 6.26 Å². The van der Waals surface area contributed by atoms with Gasteiger partial charge in [-0.3, -0.25) is 0 Å². The fourth-order valence-corrected chi connectivity index (χ4v) is 3.09. The average molecular weight is 266 g/mol. The Morgan fingerprint density at radius 3 is 2.37 bits per heavy atom. The summed E-state index contributed by atoms with van der Waals surface area (Å²) in [7, 11) is 4.38. The summed E-state index contributed by atoms with van der Waals surface area (Å²) in [6.07, 6.45) is 6.15. The molecule has 110 valence electrons. The average Bonchev–Trinajstić information content (AvgIpc) is 2.90. The standard InChI is InChI=1S/C16H30N2O/c1-6-11-17-15(13-14-10-9-12-19-14)16(7-2,8-3)18(4)5/h9-10,12,15,17H,6-8,11,13H2,1-5H3. The predicted octanol–water partition coefficient (Wildman–Crippen LogP) is 3.31. The van der Waals surface area contributed by atoms with E-state index in [-0.39, 0.29) is 5.54 Å². The highest BCUT2D eigenvalue weighted by Crippen LogP contribution is 2.28. The molecule has 0 saturated heterocycles. The van der Waals surface area contributed by atoms with Gasteiger partial charge in [0.25, 0.3) is 0 Å². The molecule has 0 spiro atoms. The van der Waals surface area contributed by atoms with Crippen LogP contribution in [0.5, 0.6) is 0 Å². The number of furan rings is 1. The summed E-state index contributed by atoms with van der Waals surface area (Å²) in [5, 5.41) is 3.73. The maximum Gasteiger partial charge on any atom is 0.105 e. The van der Waals surface area contributed by atoms with Crippen LogP contribution in [-0.4, -0.2) is 37.1 Å². The lowest BCUT2D eigenvalue weighted by Gasteiger charge is -2.45. The van der Waals surface area contributed by atoms with Gasteiger partial charge < -0.3 is 14.6 Å². The lowest BCUT2D eigenvalue weighted by molar-refractivity contribution is 0.0857. The first-order valence-electron chi connectivity index (χ1n) is 7.53. The second-order valence-electron chi connectivity index (χ2n) is 5.50. The van der Waals surface area contributed by atoms with Gasteiger partial charge in [-0.1, -0.05) is 20.8 Å². The van der Waals surface area contributed by atoms with Gasteiger partial charge in [0.2, 0.25) is 0 Å². The Kier molecular flexibility index (Phi) is 6.59. The number of rotatable bonds is 9. The third-order valence-electron chi connectivity index (χ3n) is 4.39. The van der Waals surface area contributed by atoms with Crippen LogP contribution in [-0.2, 0) is 6.42 Å². The third-order valence-corrected chi connectivity index (χ3v) is 4.39. The molecule has 1 aromatic rings. The van der Waals surface area contributed by atoms with Gasteiger partial charge >= 0.3 is 0 Å². The summed E-state index contributed by atoms with van der Waals surface area (Å²) in [5.41, 5.74) is 0.182. The molecule has 19 heavy (non-hydrogen) atoms. The number of hydrogen-bond acceptors (Lipinski definition) is 3. The smallest absolute Gasteiger partial charge is 0.105 e. The first-order chi connectivity index (χ1) is 9.10. The van der Waals surface area contributed by atoms with E-state index in [0.29, 0.717) is 6.04 Å². The van der Waals surface area contributed by atoms with E-state index in [4.69, 9.17) is 4.42 Å². The molecule has 1 aromatic heterocycles. The fraction of sp³-hybridized carbons (Fsp3) is 0.750. The Morgan fingerprint density at radius 2 is 1.95 bits per heavy atom. The van der Waals surface area contributed by atoms with E-state index in [2.05, 4.69) is 51.1 Å². The maximum atomic E-state index is 5.55. The van der Waals surface area contributed by atoms with Crippen LogP contribution in [0.3, 0.4) is 0 Å². The number of hydrogen-bond donors (Lipinski definition) is 1. The van der Waals surface area contributed by atoms with E-state index >= 15 is 0 Å². The third kappa shape index (κ3) is 3.83. The Balaban J connectivity index is 2.91. The summed E-state index contributed by atoms with van der Waals surface area (Å²) in [6, 6.07) is 4.47. The molecule has 1 rings (SSSR count). The predicted molar refractivity (Wildman–Crippen MR) is 81.5 cm³/mol. The minimum Gasteiger partial charge on any atom is -0.469 e. The van der Waals surface area contributed by atoms with Gasteiger partial charge in [-0.2, -0.15) is 0 Å². The van der Waals surface area contributed by atoms with Crippen molar-refractivity contribution in [2.45, 2.75) is 58.0 Å². The molecule has 0 amide bonds. The largest absolute Gasteiger partial charge is 0.469 e. The van der Waals surface area contributed by atoms with Gasteiger partial charge in [-0.15, -0.1) is 0 Å². The quantitative estimate of drug-likeness (QED) is 0.743. The van der Waals surface area contributed by atoms with Gasteiger partial charge in [-0.05, 0) is 52.0 Å². The van der Waals surface area contributed by atoms with Crippen molar-refractivity contribution < 1.29 is 4.42 Å². The van der Waals surface area contributed by atoms with E-state index < -0.39 is 0 Å². The van der Waals surface area contributed by atoms with Gasteiger partial charge in [0.1, 0.15) is 5.76 Å². The van der Waals surface area contributed by atoms with Crippen LogP contribution in [0, 0.1) is 0 Å². The van der Waals surface area contributed by atoms with Crippen molar-refractivity contribution >= 4 is 0 Å². The van der Waals surface area contributed by atoms with Crippen LogP contribution in [0.25, 0.3) is 0 Å². The highest BCUT2D eigenvalue weighted by molar-refractivity contribution is 5.06. The van der Waals surface area contributed by atoms with E-state index in [1.165, 1.54) is 0 Å². The molecule has 0 aliphatic rings. The molecule has 1 unspecified atom stereocenters. The molecule has 0 aromatic carbocycles. The molecule has 1 heterocycles. The molecule has 0 bridgehead atoms. The van der Waals surface area contributed by atoms with Crippen molar-refractivity contribution in [2.24, 2.45) is 0 Å². The van der Waals surface area contributed by atoms with Gasteiger partial charge in [-0.25, -0.2) is 0 Å².